The van der Waals surface area contributed by atoms with Crippen molar-refractivity contribution in [2.75, 3.05) is 5.73 Å². The third-order valence-corrected chi connectivity index (χ3v) is 2.41. The second-order valence-electron chi connectivity index (χ2n) is 4.22. The maximum absolute atomic E-state index is 11.8. The molecule has 1 aromatic rings. The number of rotatable bonds is 4. The Kier molecular flexibility index (Phi) is 4.09. The first-order valence-electron chi connectivity index (χ1n) is 5.37. The molecule has 5 nitrogen and oxygen atoms in total. The van der Waals surface area contributed by atoms with Crippen LogP contribution in [0.5, 0.6) is 0 Å². The molecule has 1 rings (SSSR count). The fourth-order valence-electron chi connectivity index (χ4n) is 1.47. The van der Waals surface area contributed by atoms with Crippen molar-refractivity contribution < 1.29 is 9.59 Å². The van der Waals surface area contributed by atoms with E-state index in [0.29, 0.717) is 11.3 Å². The molecule has 0 spiro atoms. The Morgan fingerprint density at radius 2 is 1.94 bits per heavy atom. The molecule has 1 atom stereocenters. The van der Waals surface area contributed by atoms with E-state index in [0.717, 1.165) is 0 Å². The van der Waals surface area contributed by atoms with Crippen molar-refractivity contribution in [3.8, 4) is 0 Å². The van der Waals surface area contributed by atoms with Gasteiger partial charge in [-0.25, -0.2) is 0 Å². The number of nitrogen functional groups attached to an aromatic ring is 1. The van der Waals surface area contributed by atoms with Gasteiger partial charge in [-0.1, -0.05) is 19.9 Å². The van der Waals surface area contributed by atoms with Crippen LogP contribution in [-0.2, 0) is 4.79 Å². The van der Waals surface area contributed by atoms with Crippen molar-refractivity contribution in [3.05, 3.63) is 29.8 Å². The number of hydrogen-bond acceptors (Lipinski definition) is 3. The summed E-state index contributed by atoms with van der Waals surface area (Å²) in [6, 6.07) is 5.87. The first kappa shape index (κ1) is 13.0. The number of primary amides is 1. The van der Waals surface area contributed by atoms with Crippen molar-refractivity contribution in [1.82, 2.24) is 5.32 Å². The Morgan fingerprint density at radius 3 is 2.41 bits per heavy atom. The van der Waals surface area contributed by atoms with Crippen LogP contribution in [-0.4, -0.2) is 17.9 Å². The maximum Gasteiger partial charge on any atom is 0.252 e. The van der Waals surface area contributed by atoms with E-state index in [-0.39, 0.29) is 11.8 Å². The zero-order valence-corrected chi connectivity index (χ0v) is 9.94. The molecular formula is C12H17N3O2. The van der Waals surface area contributed by atoms with Crippen molar-refractivity contribution >= 4 is 17.5 Å². The molecular weight excluding hydrogens is 218 g/mol. The lowest BCUT2D eigenvalue weighted by atomic mass is 10.0. The van der Waals surface area contributed by atoms with E-state index < -0.39 is 11.9 Å². The van der Waals surface area contributed by atoms with Crippen molar-refractivity contribution in [2.24, 2.45) is 11.7 Å². The van der Waals surface area contributed by atoms with Gasteiger partial charge in [0.15, 0.2) is 0 Å². The van der Waals surface area contributed by atoms with Crippen LogP contribution in [0.3, 0.4) is 0 Å². The van der Waals surface area contributed by atoms with Crippen LogP contribution < -0.4 is 16.8 Å². The summed E-state index contributed by atoms with van der Waals surface area (Å²) in [5.41, 5.74) is 11.7. The predicted molar refractivity (Wildman–Crippen MR) is 66.1 cm³/mol. The van der Waals surface area contributed by atoms with Crippen LogP contribution >= 0.6 is 0 Å². The topological polar surface area (TPSA) is 98.2 Å². The van der Waals surface area contributed by atoms with E-state index in [1.165, 1.54) is 0 Å². The molecule has 0 saturated carbocycles. The summed E-state index contributed by atoms with van der Waals surface area (Å²) < 4.78 is 0. The SMILES string of the molecule is CC(C)C(NC(=O)c1cccc(N)c1)C(N)=O. The van der Waals surface area contributed by atoms with Crippen LogP contribution in [0.2, 0.25) is 0 Å². The molecule has 0 aliphatic carbocycles. The van der Waals surface area contributed by atoms with Crippen LogP contribution in [0, 0.1) is 5.92 Å². The quantitative estimate of drug-likeness (QED) is 0.663. The summed E-state index contributed by atoms with van der Waals surface area (Å²) in [4.78, 5) is 23.0. The third kappa shape index (κ3) is 3.48. The minimum absolute atomic E-state index is 0.0579. The van der Waals surface area contributed by atoms with Gasteiger partial charge in [0.1, 0.15) is 6.04 Å². The largest absolute Gasteiger partial charge is 0.399 e. The van der Waals surface area contributed by atoms with Crippen LogP contribution in [0.25, 0.3) is 0 Å². The highest BCUT2D eigenvalue weighted by atomic mass is 16.2. The van der Waals surface area contributed by atoms with E-state index >= 15 is 0 Å². The Bertz CT molecular complexity index is 430. The smallest absolute Gasteiger partial charge is 0.252 e. The molecule has 0 bridgehead atoms. The first-order chi connectivity index (χ1) is 7.91. The molecule has 0 aliphatic heterocycles. The second-order valence-corrected chi connectivity index (χ2v) is 4.22. The fourth-order valence-corrected chi connectivity index (χ4v) is 1.47. The van der Waals surface area contributed by atoms with E-state index in [1.54, 1.807) is 24.3 Å². The van der Waals surface area contributed by atoms with E-state index in [2.05, 4.69) is 5.32 Å². The molecule has 2 amide bonds. The molecule has 1 unspecified atom stereocenters. The Labute approximate surface area is 100 Å². The maximum atomic E-state index is 11.8. The standard InChI is InChI=1S/C12H17N3O2/c1-7(2)10(11(14)16)15-12(17)8-4-3-5-9(13)6-8/h3-7,10H,13H2,1-2H3,(H2,14,16)(H,15,17). The number of anilines is 1. The van der Waals surface area contributed by atoms with E-state index in [1.807, 2.05) is 13.8 Å². The zero-order chi connectivity index (χ0) is 13.0. The molecule has 0 fully saturated rings. The van der Waals surface area contributed by atoms with Gasteiger partial charge < -0.3 is 16.8 Å². The van der Waals surface area contributed by atoms with Crippen LogP contribution in [0.1, 0.15) is 24.2 Å². The predicted octanol–water partition coefficient (Wildman–Crippen LogP) is 0.508. The van der Waals surface area contributed by atoms with Gasteiger partial charge in [-0.3, -0.25) is 9.59 Å². The lowest BCUT2D eigenvalue weighted by Gasteiger charge is -2.18. The highest BCUT2D eigenvalue weighted by molar-refractivity contribution is 5.97. The van der Waals surface area contributed by atoms with Crippen molar-refractivity contribution in [2.45, 2.75) is 19.9 Å². The van der Waals surface area contributed by atoms with Crippen molar-refractivity contribution in [3.63, 3.8) is 0 Å². The summed E-state index contributed by atoms with van der Waals surface area (Å²) in [5.74, 6) is -0.954. The van der Waals surface area contributed by atoms with Crippen LogP contribution in [0.15, 0.2) is 24.3 Å². The minimum Gasteiger partial charge on any atom is -0.399 e. The van der Waals surface area contributed by atoms with E-state index in [9.17, 15) is 9.59 Å². The molecule has 0 aliphatic rings. The summed E-state index contributed by atoms with van der Waals surface area (Å²) in [7, 11) is 0. The van der Waals surface area contributed by atoms with Gasteiger partial charge in [0.25, 0.3) is 5.91 Å². The number of benzene rings is 1. The first-order valence-corrected chi connectivity index (χ1v) is 5.37. The number of carbonyl (C=O) groups excluding carboxylic acids is 2. The zero-order valence-electron chi connectivity index (χ0n) is 9.94. The third-order valence-electron chi connectivity index (χ3n) is 2.41. The van der Waals surface area contributed by atoms with Gasteiger partial charge >= 0.3 is 0 Å². The number of carbonyl (C=O) groups is 2. The minimum atomic E-state index is -0.677. The average molecular weight is 235 g/mol. The van der Waals surface area contributed by atoms with Gasteiger partial charge in [-0.15, -0.1) is 0 Å². The molecule has 0 saturated heterocycles. The summed E-state index contributed by atoms with van der Waals surface area (Å²) >= 11 is 0. The Balaban J connectivity index is 2.81. The molecule has 0 radical (unpaired) electrons. The molecule has 0 heterocycles. The van der Waals surface area contributed by atoms with Crippen molar-refractivity contribution in [1.29, 1.82) is 0 Å². The number of nitrogens with one attached hydrogen (secondary N) is 1. The number of hydrogen-bond donors (Lipinski definition) is 3. The molecule has 0 aromatic heterocycles. The lowest BCUT2D eigenvalue weighted by Crippen LogP contribution is -2.47. The average Bonchev–Trinajstić information content (AvgIpc) is 2.24. The summed E-state index contributed by atoms with van der Waals surface area (Å²) in [6.45, 7) is 3.63. The molecule has 5 heteroatoms. The number of amides is 2. The highest BCUT2D eigenvalue weighted by Crippen LogP contribution is 2.08. The lowest BCUT2D eigenvalue weighted by molar-refractivity contribution is -0.120. The van der Waals surface area contributed by atoms with Gasteiger partial charge in [0.05, 0.1) is 0 Å². The van der Waals surface area contributed by atoms with Crippen LogP contribution in [0.4, 0.5) is 5.69 Å². The summed E-state index contributed by atoms with van der Waals surface area (Å²) in [5, 5.41) is 2.59. The van der Waals surface area contributed by atoms with Gasteiger partial charge in [0, 0.05) is 11.3 Å². The molecule has 1 aromatic carbocycles. The summed E-state index contributed by atoms with van der Waals surface area (Å²) in [6.07, 6.45) is 0. The number of nitrogens with two attached hydrogens (primary N) is 2. The Morgan fingerprint density at radius 1 is 1.29 bits per heavy atom. The normalized spacial score (nSPS) is 12.2. The second kappa shape index (κ2) is 5.34. The van der Waals surface area contributed by atoms with Gasteiger partial charge in [-0.05, 0) is 24.1 Å². The molecule has 17 heavy (non-hydrogen) atoms. The monoisotopic (exact) mass is 235 g/mol. The molecule has 5 N–H and O–H groups in total. The van der Waals surface area contributed by atoms with Gasteiger partial charge in [-0.2, -0.15) is 0 Å². The van der Waals surface area contributed by atoms with Gasteiger partial charge in [0.2, 0.25) is 5.91 Å². The Hall–Kier alpha value is -2.04. The van der Waals surface area contributed by atoms with E-state index in [4.69, 9.17) is 11.5 Å². The fraction of sp³-hybridized carbons (Fsp3) is 0.333. The molecule has 92 valence electrons. The highest BCUT2D eigenvalue weighted by Gasteiger charge is 2.22.